The molecule has 0 amide bonds. The smallest absolute Gasteiger partial charge is 0.124 e. The summed E-state index contributed by atoms with van der Waals surface area (Å²) in [6, 6.07) is 11.9. The summed E-state index contributed by atoms with van der Waals surface area (Å²) in [4.78, 5) is 0. The Labute approximate surface area is 130 Å². The van der Waals surface area contributed by atoms with E-state index in [1.165, 1.54) is 12.1 Å². The second-order valence-corrected chi connectivity index (χ2v) is 5.22. The van der Waals surface area contributed by atoms with E-state index >= 15 is 0 Å². The summed E-state index contributed by atoms with van der Waals surface area (Å²) < 4.78 is 25.1. The molecule has 0 aliphatic carbocycles. The maximum Gasteiger partial charge on any atom is 0.124 e. The van der Waals surface area contributed by atoms with Crippen LogP contribution in [0.2, 0.25) is 0 Å². The van der Waals surface area contributed by atoms with Gasteiger partial charge in [-0.15, -0.1) is 11.6 Å². The van der Waals surface area contributed by atoms with E-state index in [-0.39, 0.29) is 11.7 Å². The lowest BCUT2D eigenvalue weighted by molar-refractivity contribution is 0.216. The molecule has 2 nitrogen and oxygen atoms in total. The summed E-state index contributed by atoms with van der Waals surface area (Å²) in [7, 11) is 0. The van der Waals surface area contributed by atoms with Crippen LogP contribution in [0.1, 0.15) is 5.56 Å². The Hall–Kier alpha value is -1.26. The minimum atomic E-state index is -0.321. The third kappa shape index (κ3) is 4.39. The van der Waals surface area contributed by atoms with Crippen molar-refractivity contribution in [1.29, 1.82) is 0 Å². The quantitative estimate of drug-likeness (QED) is 0.545. The second kappa shape index (κ2) is 7.50. The zero-order valence-electron chi connectivity index (χ0n) is 10.6. The Bertz CT molecular complexity index is 578. The van der Waals surface area contributed by atoms with Crippen LogP contribution in [0.25, 0.3) is 0 Å². The Morgan fingerprint density at radius 1 is 1.05 bits per heavy atom. The molecule has 0 aliphatic heterocycles. The predicted octanol–water partition coefficient (Wildman–Crippen LogP) is 4.78. The molecule has 0 N–H and O–H groups in total. The topological polar surface area (TPSA) is 18.5 Å². The lowest BCUT2D eigenvalue weighted by Crippen LogP contribution is -2.10. The van der Waals surface area contributed by atoms with Crippen molar-refractivity contribution < 1.29 is 13.9 Å². The molecular formula is C15H13BrClFO2. The first-order valence-electron chi connectivity index (χ1n) is 6.04. The molecule has 0 bridgehead atoms. The van der Waals surface area contributed by atoms with Gasteiger partial charge in [-0.2, -0.15) is 0 Å². The van der Waals surface area contributed by atoms with Crippen molar-refractivity contribution >= 4 is 27.5 Å². The summed E-state index contributed by atoms with van der Waals surface area (Å²) in [6.07, 6.45) is 0. The number of hydrogen-bond acceptors (Lipinski definition) is 2. The maximum absolute atomic E-state index is 13.0. The Morgan fingerprint density at radius 3 is 2.60 bits per heavy atom. The minimum Gasteiger partial charge on any atom is -0.490 e. The van der Waals surface area contributed by atoms with Crippen molar-refractivity contribution in [3.05, 3.63) is 58.3 Å². The maximum atomic E-state index is 13.0. The van der Waals surface area contributed by atoms with Crippen molar-refractivity contribution in [2.75, 3.05) is 13.2 Å². The van der Waals surface area contributed by atoms with Crippen LogP contribution in [0, 0.1) is 5.82 Å². The van der Waals surface area contributed by atoms with Gasteiger partial charge in [0.05, 0.1) is 5.88 Å². The van der Waals surface area contributed by atoms with E-state index in [9.17, 15) is 4.39 Å². The molecule has 0 saturated heterocycles. The second-order valence-electron chi connectivity index (χ2n) is 4.04. The van der Waals surface area contributed by atoms with Crippen molar-refractivity contribution in [3.63, 3.8) is 0 Å². The molecule has 0 fully saturated rings. The number of alkyl halides is 1. The molecular weight excluding hydrogens is 347 g/mol. The van der Waals surface area contributed by atoms with Gasteiger partial charge in [0.15, 0.2) is 0 Å². The molecule has 20 heavy (non-hydrogen) atoms. The van der Waals surface area contributed by atoms with Gasteiger partial charge in [0.1, 0.15) is 30.5 Å². The summed E-state index contributed by atoms with van der Waals surface area (Å²) >= 11 is 9.12. The molecule has 0 saturated carbocycles. The summed E-state index contributed by atoms with van der Waals surface area (Å²) in [6.45, 7) is 0.761. The standard InChI is InChI=1S/C15H13BrClFO2/c16-12-2-1-3-14(9-12)19-6-7-20-15-5-4-13(18)8-11(15)10-17/h1-5,8-9H,6-7,10H2. The van der Waals surface area contributed by atoms with Crippen LogP contribution in [-0.4, -0.2) is 13.2 Å². The molecule has 0 aliphatic rings. The van der Waals surface area contributed by atoms with Gasteiger partial charge in [-0.3, -0.25) is 0 Å². The SMILES string of the molecule is Fc1ccc(OCCOc2cccc(Br)c2)c(CCl)c1. The number of hydrogen-bond donors (Lipinski definition) is 0. The molecule has 0 unspecified atom stereocenters. The van der Waals surface area contributed by atoms with E-state index < -0.39 is 0 Å². The highest BCUT2D eigenvalue weighted by Crippen LogP contribution is 2.22. The first-order chi connectivity index (χ1) is 9.69. The highest BCUT2D eigenvalue weighted by atomic mass is 79.9. The third-order valence-electron chi connectivity index (χ3n) is 2.57. The number of rotatable bonds is 6. The molecule has 2 aromatic carbocycles. The van der Waals surface area contributed by atoms with Crippen molar-refractivity contribution in [2.24, 2.45) is 0 Å². The van der Waals surface area contributed by atoms with Gasteiger partial charge in [0, 0.05) is 10.0 Å². The first kappa shape index (κ1) is 15.1. The Morgan fingerprint density at radius 2 is 1.85 bits per heavy atom. The largest absolute Gasteiger partial charge is 0.490 e. The normalized spacial score (nSPS) is 10.3. The van der Waals surface area contributed by atoms with Gasteiger partial charge in [0.25, 0.3) is 0 Å². The zero-order chi connectivity index (χ0) is 14.4. The molecule has 0 radical (unpaired) electrons. The molecule has 0 aromatic heterocycles. The van der Waals surface area contributed by atoms with Gasteiger partial charge in [0.2, 0.25) is 0 Å². The number of halogens is 3. The van der Waals surface area contributed by atoms with E-state index in [2.05, 4.69) is 15.9 Å². The highest BCUT2D eigenvalue weighted by Gasteiger charge is 2.04. The summed E-state index contributed by atoms with van der Waals surface area (Å²) in [5.41, 5.74) is 0.633. The van der Waals surface area contributed by atoms with Crippen LogP contribution < -0.4 is 9.47 Å². The van der Waals surface area contributed by atoms with Gasteiger partial charge in [-0.05, 0) is 36.4 Å². The zero-order valence-corrected chi connectivity index (χ0v) is 13.0. The van der Waals surface area contributed by atoms with Gasteiger partial charge in [-0.1, -0.05) is 22.0 Å². The molecule has 0 spiro atoms. The van der Waals surface area contributed by atoms with Gasteiger partial charge >= 0.3 is 0 Å². The average molecular weight is 360 g/mol. The minimum absolute atomic E-state index is 0.208. The number of ether oxygens (including phenoxy) is 2. The number of benzene rings is 2. The average Bonchev–Trinajstić information content (AvgIpc) is 2.45. The van der Waals surface area contributed by atoms with Crippen LogP contribution in [0.5, 0.6) is 11.5 Å². The van der Waals surface area contributed by atoms with Gasteiger partial charge < -0.3 is 9.47 Å². The fourth-order valence-corrected chi connectivity index (χ4v) is 2.25. The van der Waals surface area contributed by atoms with Crippen LogP contribution in [0.4, 0.5) is 4.39 Å². The van der Waals surface area contributed by atoms with Crippen LogP contribution in [-0.2, 0) is 5.88 Å². The molecule has 106 valence electrons. The van der Waals surface area contributed by atoms with Crippen LogP contribution >= 0.6 is 27.5 Å². The van der Waals surface area contributed by atoms with E-state index in [0.717, 1.165) is 10.2 Å². The third-order valence-corrected chi connectivity index (χ3v) is 3.35. The lowest BCUT2D eigenvalue weighted by Gasteiger charge is -2.11. The lowest BCUT2D eigenvalue weighted by atomic mass is 10.2. The molecule has 2 rings (SSSR count). The van der Waals surface area contributed by atoms with Crippen molar-refractivity contribution in [2.45, 2.75) is 5.88 Å². The molecule has 5 heteroatoms. The first-order valence-corrected chi connectivity index (χ1v) is 7.37. The van der Waals surface area contributed by atoms with Crippen molar-refractivity contribution in [1.82, 2.24) is 0 Å². The Kier molecular flexibility index (Phi) is 5.68. The Balaban J connectivity index is 1.84. The molecule has 2 aromatic rings. The molecule has 0 heterocycles. The monoisotopic (exact) mass is 358 g/mol. The van der Waals surface area contributed by atoms with E-state index in [4.69, 9.17) is 21.1 Å². The fourth-order valence-electron chi connectivity index (χ4n) is 1.66. The van der Waals surface area contributed by atoms with Gasteiger partial charge in [-0.25, -0.2) is 4.39 Å². The van der Waals surface area contributed by atoms with Crippen LogP contribution in [0.15, 0.2) is 46.9 Å². The predicted molar refractivity (Wildman–Crippen MR) is 81.1 cm³/mol. The molecule has 0 atom stereocenters. The fraction of sp³-hybridized carbons (Fsp3) is 0.200. The van der Waals surface area contributed by atoms with E-state index in [1.54, 1.807) is 6.07 Å². The van der Waals surface area contributed by atoms with Crippen molar-refractivity contribution in [3.8, 4) is 11.5 Å². The van der Waals surface area contributed by atoms with Crippen LogP contribution in [0.3, 0.4) is 0 Å². The van der Waals surface area contributed by atoms with E-state index in [1.807, 2.05) is 24.3 Å². The summed E-state index contributed by atoms with van der Waals surface area (Å²) in [5.74, 6) is 1.23. The summed E-state index contributed by atoms with van der Waals surface area (Å²) in [5, 5.41) is 0. The highest BCUT2D eigenvalue weighted by molar-refractivity contribution is 9.10. The van der Waals surface area contributed by atoms with E-state index in [0.29, 0.717) is 24.5 Å².